The number of carbonyl (C=O) groups is 2. The minimum Gasteiger partial charge on any atom is -0.462 e. The van der Waals surface area contributed by atoms with Crippen molar-refractivity contribution >= 4 is 17.7 Å². The Morgan fingerprint density at radius 1 is 0.833 bits per heavy atom. The summed E-state index contributed by atoms with van der Waals surface area (Å²) in [4.78, 5) is 24.0. The molecule has 154 valence electrons. The van der Waals surface area contributed by atoms with E-state index in [2.05, 4.69) is 34.9 Å². The van der Waals surface area contributed by atoms with Gasteiger partial charge < -0.3 is 15.4 Å². The minimum atomic E-state index is -0.374. The van der Waals surface area contributed by atoms with Crippen LogP contribution < -0.4 is 10.6 Å². The molecule has 0 spiro atoms. The molecule has 0 saturated heterocycles. The van der Waals surface area contributed by atoms with Crippen molar-refractivity contribution in [3.05, 3.63) is 102 Å². The van der Waals surface area contributed by atoms with Gasteiger partial charge in [-0.05, 0) is 48.7 Å². The van der Waals surface area contributed by atoms with E-state index in [-0.39, 0.29) is 17.9 Å². The molecule has 0 aliphatic carbocycles. The van der Waals surface area contributed by atoms with Crippen LogP contribution in [0.15, 0.2) is 84.9 Å². The third-order valence-corrected chi connectivity index (χ3v) is 4.78. The summed E-state index contributed by atoms with van der Waals surface area (Å²) in [7, 11) is 0. The molecule has 3 aromatic rings. The van der Waals surface area contributed by atoms with E-state index < -0.39 is 0 Å². The van der Waals surface area contributed by atoms with Gasteiger partial charge in [-0.25, -0.2) is 9.59 Å². The first-order valence-corrected chi connectivity index (χ1v) is 10.1. The first kappa shape index (κ1) is 21.1. The van der Waals surface area contributed by atoms with Crippen LogP contribution in [0.2, 0.25) is 0 Å². The second kappa shape index (κ2) is 10.8. The summed E-state index contributed by atoms with van der Waals surface area (Å²) in [5, 5.41) is 5.71. The van der Waals surface area contributed by atoms with Gasteiger partial charge in [-0.2, -0.15) is 0 Å². The molecule has 5 heteroatoms. The predicted octanol–water partition coefficient (Wildman–Crippen LogP) is 5.21. The fourth-order valence-corrected chi connectivity index (χ4v) is 3.31. The highest BCUT2D eigenvalue weighted by Crippen LogP contribution is 2.27. The van der Waals surface area contributed by atoms with Crippen LogP contribution in [0.1, 0.15) is 40.7 Å². The first-order valence-electron chi connectivity index (χ1n) is 10.1. The molecule has 0 fully saturated rings. The molecule has 2 amide bonds. The summed E-state index contributed by atoms with van der Waals surface area (Å²) in [6.45, 7) is 2.62. The zero-order chi connectivity index (χ0) is 21.2. The maximum absolute atomic E-state index is 12.3. The van der Waals surface area contributed by atoms with E-state index >= 15 is 0 Å². The summed E-state index contributed by atoms with van der Waals surface area (Å²) in [5.74, 6) is -0.169. The zero-order valence-electron chi connectivity index (χ0n) is 17.0. The van der Waals surface area contributed by atoms with Crippen molar-refractivity contribution in [1.82, 2.24) is 5.32 Å². The topological polar surface area (TPSA) is 67.4 Å². The Bertz CT molecular complexity index is 902. The molecule has 2 N–H and O–H groups in total. The summed E-state index contributed by atoms with van der Waals surface area (Å²) in [6.07, 6.45) is 0.781. The lowest BCUT2D eigenvalue weighted by atomic mass is 9.88. The van der Waals surface area contributed by atoms with Gasteiger partial charge in [-0.3, -0.25) is 0 Å². The van der Waals surface area contributed by atoms with E-state index in [0.29, 0.717) is 24.4 Å². The third kappa shape index (κ3) is 5.95. The number of urea groups is 1. The molecule has 0 bridgehead atoms. The molecule has 0 aliphatic rings. The van der Waals surface area contributed by atoms with Crippen LogP contribution in [0.4, 0.5) is 10.5 Å². The first-order chi connectivity index (χ1) is 14.7. The van der Waals surface area contributed by atoms with Crippen molar-refractivity contribution in [1.29, 1.82) is 0 Å². The Hall–Kier alpha value is -3.60. The number of ether oxygens (including phenoxy) is 1. The number of hydrogen-bond acceptors (Lipinski definition) is 3. The van der Waals surface area contributed by atoms with Crippen LogP contribution in [-0.4, -0.2) is 25.2 Å². The molecule has 0 saturated carbocycles. The van der Waals surface area contributed by atoms with Crippen molar-refractivity contribution in [3.8, 4) is 0 Å². The Kier molecular flexibility index (Phi) is 7.61. The minimum absolute atomic E-state index is 0.205. The largest absolute Gasteiger partial charge is 0.462 e. The summed E-state index contributed by atoms with van der Waals surface area (Å²) < 4.78 is 4.96. The molecule has 30 heavy (non-hydrogen) atoms. The van der Waals surface area contributed by atoms with Gasteiger partial charge >= 0.3 is 12.0 Å². The van der Waals surface area contributed by atoms with E-state index in [9.17, 15) is 9.59 Å². The van der Waals surface area contributed by atoms with Gasteiger partial charge in [0.05, 0.1) is 12.2 Å². The molecule has 0 unspecified atom stereocenters. The summed E-state index contributed by atoms with van der Waals surface area (Å²) in [6, 6.07) is 27.0. The number of nitrogens with one attached hydrogen (secondary N) is 2. The fraction of sp³-hybridized carbons (Fsp3) is 0.200. The Labute approximate surface area is 177 Å². The molecule has 3 aromatic carbocycles. The highest BCUT2D eigenvalue weighted by Gasteiger charge is 2.14. The van der Waals surface area contributed by atoms with Gasteiger partial charge in [0, 0.05) is 18.2 Å². The van der Waals surface area contributed by atoms with Crippen molar-refractivity contribution in [2.24, 2.45) is 0 Å². The second-order valence-electron chi connectivity index (χ2n) is 6.84. The monoisotopic (exact) mass is 402 g/mol. The van der Waals surface area contributed by atoms with Crippen LogP contribution in [0, 0.1) is 0 Å². The zero-order valence-corrected chi connectivity index (χ0v) is 17.0. The van der Waals surface area contributed by atoms with E-state index in [1.54, 1.807) is 31.2 Å². The van der Waals surface area contributed by atoms with Gasteiger partial charge in [0.25, 0.3) is 0 Å². The molecular formula is C25H26N2O3. The van der Waals surface area contributed by atoms with Crippen molar-refractivity contribution in [3.63, 3.8) is 0 Å². The highest BCUT2D eigenvalue weighted by atomic mass is 16.5. The van der Waals surface area contributed by atoms with Crippen LogP contribution in [0.25, 0.3) is 0 Å². The van der Waals surface area contributed by atoms with Gasteiger partial charge in [0.15, 0.2) is 0 Å². The lowest BCUT2D eigenvalue weighted by Crippen LogP contribution is -2.30. The molecule has 3 rings (SSSR count). The number of esters is 1. The second-order valence-corrected chi connectivity index (χ2v) is 6.84. The quantitative estimate of drug-likeness (QED) is 0.509. The average Bonchev–Trinajstić information content (AvgIpc) is 2.78. The van der Waals surface area contributed by atoms with Crippen LogP contribution in [-0.2, 0) is 4.74 Å². The standard InChI is InChI=1S/C25H26N2O3/c1-2-30-24(28)21-13-15-22(16-14-21)27-25(29)26-18-17-23(19-9-5-3-6-10-19)20-11-7-4-8-12-20/h3-16,23H,2,17-18H2,1H3,(H2,26,27,29). The summed E-state index contributed by atoms with van der Waals surface area (Å²) >= 11 is 0. The van der Waals surface area contributed by atoms with Gasteiger partial charge in [0.2, 0.25) is 0 Å². The molecular weight excluding hydrogens is 376 g/mol. The number of anilines is 1. The van der Waals surface area contributed by atoms with E-state index in [1.165, 1.54) is 11.1 Å². The number of rotatable bonds is 8. The van der Waals surface area contributed by atoms with Gasteiger partial charge in [0.1, 0.15) is 0 Å². The Morgan fingerprint density at radius 2 is 1.40 bits per heavy atom. The Morgan fingerprint density at radius 3 is 1.93 bits per heavy atom. The molecule has 0 radical (unpaired) electrons. The van der Waals surface area contributed by atoms with Gasteiger partial charge in [-0.15, -0.1) is 0 Å². The normalized spacial score (nSPS) is 10.5. The van der Waals surface area contributed by atoms with Gasteiger partial charge in [-0.1, -0.05) is 60.7 Å². The van der Waals surface area contributed by atoms with Crippen LogP contribution >= 0.6 is 0 Å². The molecule has 5 nitrogen and oxygen atoms in total. The maximum atomic E-state index is 12.3. The molecule has 0 atom stereocenters. The summed E-state index contributed by atoms with van der Waals surface area (Å²) in [5.41, 5.74) is 3.51. The van der Waals surface area contributed by atoms with Crippen molar-refractivity contribution in [2.45, 2.75) is 19.3 Å². The van der Waals surface area contributed by atoms with E-state index in [0.717, 1.165) is 6.42 Å². The third-order valence-electron chi connectivity index (χ3n) is 4.78. The SMILES string of the molecule is CCOC(=O)c1ccc(NC(=O)NCCC(c2ccccc2)c2ccccc2)cc1. The number of carbonyl (C=O) groups excluding carboxylic acids is 2. The van der Waals surface area contributed by atoms with Crippen LogP contribution in [0.3, 0.4) is 0 Å². The number of hydrogen-bond donors (Lipinski definition) is 2. The van der Waals surface area contributed by atoms with Crippen LogP contribution in [0.5, 0.6) is 0 Å². The van der Waals surface area contributed by atoms with E-state index in [4.69, 9.17) is 4.74 Å². The highest BCUT2D eigenvalue weighted by molar-refractivity contribution is 5.92. The smallest absolute Gasteiger partial charge is 0.338 e. The predicted molar refractivity (Wildman–Crippen MR) is 119 cm³/mol. The fourth-order valence-electron chi connectivity index (χ4n) is 3.31. The number of benzene rings is 3. The number of amides is 2. The van der Waals surface area contributed by atoms with Crippen molar-refractivity contribution < 1.29 is 14.3 Å². The molecule has 0 heterocycles. The average molecular weight is 402 g/mol. The lowest BCUT2D eigenvalue weighted by molar-refractivity contribution is 0.0526. The maximum Gasteiger partial charge on any atom is 0.338 e. The van der Waals surface area contributed by atoms with E-state index in [1.807, 2.05) is 36.4 Å². The lowest BCUT2D eigenvalue weighted by Gasteiger charge is -2.18. The molecule has 0 aliphatic heterocycles. The van der Waals surface area contributed by atoms with Crippen molar-refractivity contribution in [2.75, 3.05) is 18.5 Å². The Balaban J connectivity index is 1.55. The molecule has 0 aromatic heterocycles.